The van der Waals surface area contributed by atoms with Gasteiger partial charge in [0.25, 0.3) is 0 Å². The van der Waals surface area contributed by atoms with Gasteiger partial charge in [0.05, 0.1) is 0 Å². The number of anilines is 1. The van der Waals surface area contributed by atoms with Crippen molar-refractivity contribution in [1.82, 2.24) is 0 Å². The molecule has 0 amide bonds. The number of hydrogen-bond donors (Lipinski definition) is 1. The van der Waals surface area contributed by atoms with E-state index in [1.165, 1.54) is 11.3 Å². The smallest absolute Gasteiger partial charge is 0.303 e. The van der Waals surface area contributed by atoms with Crippen LogP contribution < -0.4 is 4.90 Å². The number of carbonyl (C=O) groups is 1. The maximum atomic E-state index is 10.7. The Labute approximate surface area is 112 Å². The Kier molecular flexibility index (Phi) is 3.81. The summed E-state index contributed by atoms with van der Waals surface area (Å²) in [7, 11) is 0. The van der Waals surface area contributed by atoms with E-state index in [9.17, 15) is 4.79 Å². The van der Waals surface area contributed by atoms with E-state index in [0.29, 0.717) is 12.5 Å². The highest BCUT2D eigenvalue weighted by atomic mass is 35.5. The summed E-state index contributed by atoms with van der Waals surface area (Å²) in [6, 6.07) is 6.57. The standard InChI is InChI=1S/C14H18ClNO2/c1-9(2)16-12(4-6-14(17)18)8-10-7-11(15)3-5-13(10)16/h3,5,7,9,12H,4,6,8H2,1-2H3,(H,17,18). The molecular weight excluding hydrogens is 250 g/mol. The fourth-order valence-electron chi connectivity index (χ4n) is 2.75. The quantitative estimate of drug-likeness (QED) is 0.910. The molecule has 0 aromatic heterocycles. The summed E-state index contributed by atoms with van der Waals surface area (Å²) in [5.41, 5.74) is 2.43. The Balaban J connectivity index is 2.22. The molecule has 0 fully saturated rings. The van der Waals surface area contributed by atoms with Crippen LogP contribution in [0.15, 0.2) is 18.2 Å². The average Bonchev–Trinajstić information content (AvgIpc) is 2.63. The highest BCUT2D eigenvalue weighted by Gasteiger charge is 2.31. The van der Waals surface area contributed by atoms with Crippen LogP contribution in [0.2, 0.25) is 5.02 Å². The molecule has 2 rings (SSSR count). The van der Waals surface area contributed by atoms with Gasteiger partial charge in [-0.25, -0.2) is 0 Å². The molecule has 1 heterocycles. The second-order valence-electron chi connectivity index (χ2n) is 5.06. The van der Waals surface area contributed by atoms with Gasteiger partial charge in [-0.2, -0.15) is 0 Å². The number of fused-ring (bicyclic) bond motifs is 1. The van der Waals surface area contributed by atoms with Crippen LogP contribution in [0.4, 0.5) is 5.69 Å². The fraction of sp³-hybridized carbons (Fsp3) is 0.500. The zero-order chi connectivity index (χ0) is 13.3. The lowest BCUT2D eigenvalue weighted by Gasteiger charge is -2.31. The first-order chi connectivity index (χ1) is 8.49. The molecule has 0 aliphatic carbocycles. The first-order valence-electron chi connectivity index (χ1n) is 6.27. The van der Waals surface area contributed by atoms with E-state index in [4.69, 9.17) is 16.7 Å². The van der Waals surface area contributed by atoms with Gasteiger partial charge in [-0.1, -0.05) is 11.6 Å². The molecule has 3 nitrogen and oxygen atoms in total. The van der Waals surface area contributed by atoms with Crippen LogP contribution in [0.5, 0.6) is 0 Å². The Morgan fingerprint density at radius 3 is 2.89 bits per heavy atom. The third kappa shape index (κ3) is 2.61. The molecule has 1 atom stereocenters. The molecule has 1 aliphatic heterocycles. The average molecular weight is 268 g/mol. The molecule has 0 bridgehead atoms. The van der Waals surface area contributed by atoms with Crippen LogP contribution in [0.3, 0.4) is 0 Å². The van der Waals surface area contributed by atoms with E-state index in [-0.39, 0.29) is 12.5 Å². The minimum atomic E-state index is -0.729. The van der Waals surface area contributed by atoms with Crippen LogP contribution in [-0.4, -0.2) is 23.2 Å². The van der Waals surface area contributed by atoms with Crippen LogP contribution in [0.25, 0.3) is 0 Å². The molecule has 0 radical (unpaired) electrons. The Hall–Kier alpha value is -1.22. The minimum Gasteiger partial charge on any atom is -0.481 e. The van der Waals surface area contributed by atoms with Gasteiger partial charge in [-0.15, -0.1) is 0 Å². The van der Waals surface area contributed by atoms with E-state index in [1.807, 2.05) is 18.2 Å². The van der Waals surface area contributed by atoms with Gasteiger partial charge < -0.3 is 10.0 Å². The highest BCUT2D eigenvalue weighted by molar-refractivity contribution is 6.30. The van der Waals surface area contributed by atoms with Crippen LogP contribution in [0, 0.1) is 0 Å². The summed E-state index contributed by atoms with van der Waals surface area (Å²) in [5, 5.41) is 9.57. The number of nitrogens with zero attached hydrogens (tertiary/aromatic N) is 1. The van der Waals surface area contributed by atoms with E-state index in [2.05, 4.69) is 18.7 Å². The lowest BCUT2D eigenvalue weighted by Crippen LogP contribution is -2.38. The molecule has 1 unspecified atom stereocenters. The van der Waals surface area contributed by atoms with Crippen LogP contribution in [0.1, 0.15) is 32.3 Å². The topological polar surface area (TPSA) is 40.5 Å². The van der Waals surface area contributed by atoms with Gasteiger partial charge in [-0.05, 0) is 50.5 Å². The third-order valence-electron chi connectivity index (χ3n) is 3.42. The first-order valence-corrected chi connectivity index (χ1v) is 6.65. The maximum absolute atomic E-state index is 10.7. The van der Waals surface area contributed by atoms with E-state index in [1.54, 1.807) is 0 Å². The van der Waals surface area contributed by atoms with E-state index in [0.717, 1.165) is 11.4 Å². The molecule has 4 heteroatoms. The second kappa shape index (κ2) is 5.19. The molecule has 0 saturated carbocycles. The highest BCUT2D eigenvalue weighted by Crippen LogP contribution is 2.37. The molecule has 0 saturated heterocycles. The molecule has 1 N–H and O–H groups in total. The number of aliphatic carboxylic acids is 1. The summed E-state index contributed by atoms with van der Waals surface area (Å²) >= 11 is 6.01. The Bertz CT molecular complexity index is 459. The number of carboxylic acid groups (broad SMARTS) is 1. The van der Waals surface area contributed by atoms with Gasteiger partial charge in [0.2, 0.25) is 0 Å². The Morgan fingerprint density at radius 1 is 1.56 bits per heavy atom. The van der Waals surface area contributed by atoms with Crippen molar-refractivity contribution >= 4 is 23.3 Å². The lowest BCUT2D eigenvalue weighted by molar-refractivity contribution is -0.137. The summed E-state index contributed by atoms with van der Waals surface area (Å²) in [5.74, 6) is -0.729. The van der Waals surface area contributed by atoms with Gasteiger partial charge >= 0.3 is 5.97 Å². The van der Waals surface area contributed by atoms with Crippen molar-refractivity contribution < 1.29 is 9.90 Å². The fourth-order valence-corrected chi connectivity index (χ4v) is 2.94. The molecule has 0 spiro atoms. The lowest BCUT2D eigenvalue weighted by atomic mass is 10.1. The van der Waals surface area contributed by atoms with Gasteiger partial charge in [0.1, 0.15) is 0 Å². The number of rotatable bonds is 4. The Morgan fingerprint density at radius 2 is 2.28 bits per heavy atom. The predicted octanol–water partition coefficient (Wildman–Crippen LogP) is 3.34. The number of benzene rings is 1. The van der Waals surface area contributed by atoms with Crippen molar-refractivity contribution in [2.45, 2.75) is 45.2 Å². The largest absolute Gasteiger partial charge is 0.481 e. The number of hydrogen-bond acceptors (Lipinski definition) is 2. The summed E-state index contributed by atoms with van der Waals surface area (Å²) in [4.78, 5) is 13.0. The second-order valence-corrected chi connectivity index (χ2v) is 5.50. The van der Waals surface area contributed by atoms with E-state index >= 15 is 0 Å². The minimum absolute atomic E-state index is 0.218. The zero-order valence-corrected chi connectivity index (χ0v) is 11.4. The number of halogens is 1. The SMILES string of the molecule is CC(C)N1c2ccc(Cl)cc2CC1CCC(=O)O. The van der Waals surface area contributed by atoms with Crippen molar-refractivity contribution in [3.63, 3.8) is 0 Å². The monoisotopic (exact) mass is 267 g/mol. The van der Waals surface area contributed by atoms with Crippen molar-refractivity contribution in [2.24, 2.45) is 0 Å². The third-order valence-corrected chi connectivity index (χ3v) is 3.65. The first kappa shape index (κ1) is 13.2. The van der Waals surface area contributed by atoms with Gasteiger partial charge in [-0.3, -0.25) is 4.79 Å². The molecular formula is C14H18ClNO2. The van der Waals surface area contributed by atoms with Crippen LogP contribution >= 0.6 is 11.6 Å². The van der Waals surface area contributed by atoms with Crippen molar-refractivity contribution in [2.75, 3.05) is 4.90 Å². The van der Waals surface area contributed by atoms with Gasteiger partial charge in [0.15, 0.2) is 0 Å². The number of carboxylic acids is 1. The van der Waals surface area contributed by atoms with Crippen molar-refractivity contribution in [1.29, 1.82) is 0 Å². The van der Waals surface area contributed by atoms with Crippen LogP contribution in [-0.2, 0) is 11.2 Å². The van der Waals surface area contributed by atoms with Crippen molar-refractivity contribution in [3.8, 4) is 0 Å². The maximum Gasteiger partial charge on any atom is 0.303 e. The van der Waals surface area contributed by atoms with Gasteiger partial charge in [0, 0.05) is 29.2 Å². The zero-order valence-electron chi connectivity index (χ0n) is 10.7. The summed E-state index contributed by atoms with van der Waals surface area (Å²) < 4.78 is 0. The normalized spacial score (nSPS) is 18.2. The molecule has 1 aromatic carbocycles. The molecule has 18 heavy (non-hydrogen) atoms. The molecule has 1 aliphatic rings. The van der Waals surface area contributed by atoms with E-state index < -0.39 is 5.97 Å². The van der Waals surface area contributed by atoms with Crippen molar-refractivity contribution in [3.05, 3.63) is 28.8 Å². The molecule has 1 aromatic rings. The summed E-state index contributed by atoms with van der Waals surface area (Å²) in [6.07, 6.45) is 1.79. The molecule has 98 valence electrons. The summed E-state index contributed by atoms with van der Waals surface area (Å²) in [6.45, 7) is 4.27. The predicted molar refractivity (Wildman–Crippen MR) is 73.4 cm³/mol.